The summed E-state index contributed by atoms with van der Waals surface area (Å²) in [5.41, 5.74) is 2.50. The molecule has 0 bridgehead atoms. The van der Waals surface area contributed by atoms with Crippen molar-refractivity contribution in [3.05, 3.63) is 71.0 Å². The third kappa shape index (κ3) is 4.31. The molecule has 0 radical (unpaired) electrons. The van der Waals surface area contributed by atoms with Crippen LogP contribution in [0.3, 0.4) is 0 Å². The number of rotatable bonds is 7. The quantitative estimate of drug-likeness (QED) is 0.410. The van der Waals surface area contributed by atoms with E-state index in [1.165, 1.54) is 19.3 Å². The minimum atomic E-state index is -0.322. The average Bonchev–Trinajstić information content (AvgIpc) is 3.35. The molecule has 2 aromatic carbocycles. The first-order chi connectivity index (χ1) is 15.3. The SMILES string of the molecule is O=c1oc2ccccc2n1CCSc1nnc(CN2CCCCC2)n1-c1ccccc1. The Hall–Kier alpha value is -2.84. The summed E-state index contributed by atoms with van der Waals surface area (Å²) in [6.07, 6.45) is 3.80. The van der Waals surface area contributed by atoms with Crippen LogP contribution in [0.25, 0.3) is 16.8 Å². The zero-order valence-corrected chi connectivity index (χ0v) is 18.1. The van der Waals surface area contributed by atoms with Crippen LogP contribution in [0.2, 0.25) is 0 Å². The number of nitrogens with zero attached hydrogens (tertiary/aromatic N) is 5. The highest BCUT2D eigenvalue weighted by Gasteiger charge is 2.19. The summed E-state index contributed by atoms with van der Waals surface area (Å²) < 4.78 is 9.17. The van der Waals surface area contributed by atoms with E-state index < -0.39 is 0 Å². The van der Waals surface area contributed by atoms with Gasteiger partial charge in [0.15, 0.2) is 16.6 Å². The number of aromatic nitrogens is 4. The van der Waals surface area contributed by atoms with Gasteiger partial charge in [-0.1, -0.05) is 48.5 Å². The zero-order chi connectivity index (χ0) is 21.0. The van der Waals surface area contributed by atoms with E-state index >= 15 is 0 Å². The molecule has 1 saturated heterocycles. The Morgan fingerprint density at radius 2 is 1.71 bits per heavy atom. The van der Waals surface area contributed by atoms with Gasteiger partial charge >= 0.3 is 5.76 Å². The summed E-state index contributed by atoms with van der Waals surface area (Å²) in [5.74, 6) is 1.33. The number of benzene rings is 2. The minimum absolute atomic E-state index is 0.322. The monoisotopic (exact) mass is 435 g/mol. The lowest BCUT2D eigenvalue weighted by atomic mass is 10.1. The van der Waals surface area contributed by atoms with Crippen LogP contribution >= 0.6 is 11.8 Å². The number of para-hydroxylation sites is 3. The molecule has 5 rings (SSSR count). The maximum Gasteiger partial charge on any atom is 0.419 e. The molecule has 0 atom stereocenters. The van der Waals surface area contributed by atoms with Crippen molar-refractivity contribution in [2.75, 3.05) is 18.8 Å². The summed E-state index contributed by atoms with van der Waals surface area (Å²) in [5, 5.41) is 9.88. The third-order valence-electron chi connectivity index (χ3n) is 5.65. The first kappa shape index (κ1) is 20.1. The van der Waals surface area contributed by atoms with Crippen molar-refractivity contribution in [1.29, 1.82) is 0 Å². The molecule has 0 saturated carbocycles. The smallest absolute Gasteiger partial charge is 0.408 e. The molecule has 160 valence electrons. The van der Waals surface area contributed by atoms with Crippen LogP contribution < -0.4 is 5.76 Å². The van der Waals surface area contributed by atoms with Crippen LogP contribution in [0.1, 0.15) is 25.1 Å². The Kier molecular flexibility index (Phi) is 5.90. The number of aryl methyl sites for hydroxylation is 1. The molecular weight excluding hydrogens is 410 g/mol. The van der Waals surface area contributed by atoms with Gasteiger partial charge in [0.05, 0.1) is 12.1 Å². The van der Waals surface area contributed by atoms with E-state index in [9.17, 15) is 4.79 Å². The highest BCUT2D eigenvalue weighted by molar-refractivity contribution is 7.99. The summed E-state index contributed by atoms with van der Waals surface area (Å²) in [6, 6.07) is 17.8. The highest BCUT2D eigenvalue weighted by Crippen LogP contribution is 2.24. The Labute approximate surface area is 184 Å². The van der Waals surface area contributed by atoms with Crippen LogP contribution in [0.4, 0.5) is 0 Å². The molecule has 2 aromatic heterocycles. The lowest BCUT2D eigenvalue weighted by Gasteiger charge is -2.26. The predicted octanol–water partition coefficient (Wildman–Crippen LogP) is 3.95. The van der Waals surface area contributed by atoms with E-state index in [0.29, 0.717) is 17.9 Å². The average molecular weight is 436 g/mol. The lowest BCUT2D eigenvalue weighted by Crippen LogP contribution is -2.30. The molecule has 31 heavy (non-hydrogen) atoms. The van der Waals surface area contributed by atoms with Gasteiger partial charge in [0, 0.05) is 18.0 Å². The Bertz CT molecular complexity index is 1210. The van der Waals surface area contributed by atoms with E-state index in [1.54, 1.807) is 16.3 Å². The molecule has 1 fully saturated rings. The van der Waals surface area contributed by atoms with Crippen molar-refractivity contribution in [3.8, 4) is 5.69 Å². The Balaban J connectivity index is 1.37. The number of oxazole rings is 1. The molecule has 4 aromatic rings. The second-order valence-electron chi connectivity index (χ2n) is 7.74. The molecule has 1 aliphatic heterocycles. The number of piperidine rings is 1. The Morgan fingerprint density at radius 1 is 0.935 bits per heavy atom. The van der Waals surface area contributed by atoms with Gasteiger partial charge in [-0.15, -0.1) is 10.2 Å². The van der Waals surface area contributed by atoms with Crippen molar-refractivity contribution < 1.29 is 4.42 Å². The van der Waals surface area contributed by atoms with Gasteiger partial charge in [0.1, 0.15) is 0 Å². The van der Waals surface area contributed by atoms with Crippen molar-refractivity contribution >= 4 is 22.9 Å². The number of fused-ring (bicyclic) bond motifs is 1. The number of thioether (sulfide) groups is 1. The van der Waals surface area contributed by atoms with E-state index in [1.807, 2.05) is 42.5 Å². The molecular formula is C23H25N5O2S. The van der Waals surface area contributed by atoms with Crippen LogP contribution in [0.15, 0.2) is 69.0 Å². The van der Waals surface area contributed by atoms with Gasteiger partial charge in [-0.05, 0) is 50.2 Å². The van der Waals surface area contributed by atoms with Crippen LogP contribution in [0, 0.1) is 0 Å². The molecule has 0 unspecified atom stereocenters. The predicted molar refractivity (Wildman–Crippen MR) is 122 cm³/mol. The molecule has 0 N–H and O–H groups in total. The van der Waals surface area contributed by atoms with E-state index in [-0.39, 0.29) is 5.76 Å². The highest BCUT2D eigenvalue weighted by atomic mass is 32.2. The first-order valence-corrected chi connectivity index (χ1v) is 11.7. The maximum atomic E-state index is 12.2. The van der Waals surface area contributed by atoms with E-state index in [0.717, 1.165) is 41.8 Å². The van der Waals surface area contributed by atoms with Crippen molar-refractivity contribution in [1.82, 2.24) is 24.2 Å². The number of hydrogen-bond acceptors (Lipinski definition) is 6. The summed E-state index contributed by atoms with van der Waals surface area (Å²) in [4.78, 5) is 14.7. The molecule has 3 heterocycles. The molecule has 0 amide bonds. The normalized spacial score (nSPS) is 15.0. The first-order valence-electron chi connectivity index (χ1n) is 10.7. The van der Waals surface area contributed by atoms with Crippen LogP contribution in [0.5, 0.6) is 0 Å². The van der Waals surface area contributed by atoms with Gasteiger partial charge in [0.25, 0.3) is 0 Å². The van der Waals surface area contributed by atoms with Crippen molar-refractivity contribution in [2.24, 2.45) is 0 Å². The van der Waals surface area contributed by atoms with Crippen molar-refractivity contribution in [3.63, 3.8) is 0 Å². The van der Waals surface area contributed by atoms with E-state index in [4.69, 9.17) is 4.42 Å². The molecule has 0 spiro atoms. The fraction of sp³-hybridized carbons (Fsp3) is 0.348. The summed E-state index contributed by atoms with van der Waals surface area (Å²) in [7, 11) is 0. The molecule has 8 heteroatoms. The van der Waals surface area contributed by atoms with Gasteiger partial charge in [-0.25, -0.2) is 4.79 Å². The number of hydrogen-bond donors (Lipinski definition) is 0. The van der Waals surface area contributed by atoms with Crippen LogP contribution in [-0.2, 0) is 13.1 Å². The van der Waals surface area contributed by atoms with Crippen LogP contribution in [-0.4, -0.2) is 43.1 Å². The topological polar surface area (TPSA) is 69.1 Å². The summed E-state index contributed by atoms with van der Waals surface area (Å²) in [6.45, 7) is 3.57. The minimum Gasteiger partial charge on any atom is -0.408 e. The maximum absolute atomic E-state index is 12.2. The van der Waals surface area contributed by atoms with Crippen molar-refractivity contribution in [2.45, 2.75) is 37.5 Å². The standard InChI is InChI=1S/C23H25N5O2S/c29-23-27(19-11-5-6-12-20(19)30-23)15-16-31-22-25-24-21(17-26-13-7-2-8-14-26)28(22)18-9-3-1-4-10-18/h1,3-6,9-12H,2,7-8,13-17H2. The second kappa shape index (κ2) is 9.11. The molecule has 7 nitrogen and oxygen atoms in total. The van der Waals surface area contributed by atoms with Gasteiger partial charge in [-0.2, -0.15) is 0 Å². The van der Waals surface area contributed by atoms with Gasteiger partial charge < -0.3 is 4.42 Å². The Morgan fingerprint density at radius 3 is 2.55 bits per heavy atom. The fourth-order valence-electron chi connectivity index (χ4n) is 4.10. The third-order valence-corrected chi connectivity index (χ3v) is 6.56. The summed E-state index contributed by atoms with van der Waals surface area (Å²) >= 11 is 1.61. The molecule has 0 aliphatic carbocycles. The fourth-order valence-corrected chi connectivity index (χ4v) is 5.00. The molecule has 1 aliphatic rings. The van der Waals surface area contributed by atoms with Gasteiger partial charge in [-0.3, -0.25) is 14.0 Å². The lowest BCUT2D eigenvalue weighted by molar-refractivity contribution is 0.214. The number of likely N-dealkylation sites (tertiary alicyclic amines) is 1. The second-order valence-corrected chi connectivity index (χ2v) is 8.80. The zero-order valence-electron chi connectivity index (χ0n) is 17.3. The van der Waals surface area contributed by atoms with Gasteiger partial charge in [0.2, 0.25) is 0 Å². The van der Waals surface area contributed by atoms with E-state index in [2.05, 4.69) is 31.8 Å². The largest absolute Gasteiger partial charge is 0.419 e.